The van der Waals surface area contributed by atoms with E-state index in [4.69, 9.17) is 0 Å². The number of hydrogen-bond donors (Lipinski definition) is 1. The standard InChI is InChI=1S/C18H28N4O/c1-17(2)15(18(17,3)4)13-20-16(23)22-11-9-21(10-12-22)14-5-7-19-8-6-14/h5-8,15H,9-13H2,1-4H3,(H,20,23). The summed E-state index contributed by atoms with van der Waals surface area (Å²) in [6.07, 6.45) is 3.63. The van der Waals surface area contributed by atoms with E-state index in [1.54, 1.807) is 0 Å². The Kier molecular flexibility index (Phi) is 3.98. The Bertz CT molecular complexity index is 548. The molecule has 0 atom stereocenters. The van der Waals surface area contributed by atoms with Crippen LogP contribution in [0.15, 0.2) is 24.5 Å². The van der Waals surface area contributed by atoms with Crippen LogP contribution in [0.4, 0.5) is 10.5 Å². The van der Waals surface area contributed by atoms with E-state index in [0.717, 1.165) is 32.7 Å². The van der Waals surface area contributed by atoms with E-state index >= 15 is 0 Å². The van der Waals surface area contributed by atoms with Gasteiger partial charge in [-0.1, -0.05) is 27.7 Å². The minimum Gasteiger partial charge on any atom is -0.368 e. The number of hydrogen-bond acceptors (Lipinski definition) is 3. The maximum atomic E-state index is 12.4. The van der Waals surface area contributed by atoms with E-state index < -0.39 is 0 Å². The first-order chi connectivity index (χ1) is 10.8. The van der Waals surface area contributed by atoms with Gasteiger partial charge in [0.05, 0.1) is 0 Å². The average Bonchev–Trinajstić information content (AvgIpc) is 2.95. The zero-order chi connectivity index (χ0) is 16.7. The Morgan fingerprint density at radius 2 is 1.70 bits per heavy atom. The molecule has 0 spiro atoms. The Morgan fingerprint density at radius 1 is 1.13 bits per heavy atom. The van der Waals surface area contributed by atoms with Gasteiger partial charge in [-0.2, -0.15) is 0 Å². The Labute approximate surface area is 139 Å². The quantitative estimate of drug-likeness (QED) is 0.932. The SMILES string of the molecule is CC1(C)C(CNC(=O)N2CCN(c3ccncc3)CC2)C1(C)C. The highest BCUT2D eigenvalue weighted by Crippen LogP contribution is 2.67. The van der Waals surface area contributed by atoms with Crippen LogP contribution in [-0.4, -0.2) is 48.6 Å². The van der Waals surface area contributed by atoms with E-state index in [2.05, 4.69) is 42.9 Å². The lowest BCUT2D eigenvalue weighted by molar-refractivity contribution is 0.193. The number of carbonyl (C=O) groups excluding carboxylic acids is 1. The predicted octanol–water partition coefficient (Wildman–Crippen LogP) is 2.60. The molecule has 2 heterocycles. The molecule has 1 saturated carbocycles. The molecule has 2 aliphatic rings. The monoisotopic (exact) mass is 316 g/mol. The smallest absolute Gasteiger partial charge is 0.317 e. The van der Waals surface area contributed by atoms with Crippen LogP contribution in [0.5, 0.6) is 0 Å². The van der Waals surface area contributed by atoms with Crippen LogP contribution >= 0.6 is 0 Å². The molecule has 1 aliphatic heterocycles. The maximum absolute atomic E-state index is 12.4. The fourth-order valence-corrected chi connectivity index (χ4v) is 3.87. The minimum absolute atomic E-state index is 0.0814. The van der Waals surface area contributed by atoms with Gasteiger partial charge in [-0.15, -0.1) is 0 Å². The van der Waals surface area contributed by atoms with Crippen molar-refractivity contribution in [1.29, 1.82) is 0 Å². The molecule has 5 heteroatoms. The molecule has 2 fully saturated rings. The van der Waals surface area contributed by atoms with Crippen molar-refractivity contribution in [3.05, 3.63) is 24.5 Å². The van der Waals surface area contributed by atoms with Crippen LogP contribution in [0.2, 0.25) is 0 Å². The molecule has 1 aromatic rings. The first-order valence-corrected chi connectivity index (χ1v) is 8.52. The highest BCUT2D eigenvalue weighted by molar-refractivity contribution is 5.74. The van der Waals surface area contributed by atoms with Gasteiger partial charge in [0.15, 0.2) is 0 Å². The summed E-state index contributed by atoms with van der Waals surface area (Å²) in [5.74, 6) is 0.567. The summed E-state index contributed by atoms with van der Waals surface area (Å²) in [5, 5.41) is 3.14. The van der Waals surface area contributed by atoms with Gasteiger partial charge in [0, 0.05) is 50.8 Å². The summed E-state index contributed by atoms with van der Waals surface area (Å²) in [5.41, 5.74) is 1.82. The fraction of sp³-hybridized carbons (Fsp3) is 0.667. The number of rotatable bonds is 3. The largest absolute Gasteiger partial charge is 0.368 e. The molecule has 23 heavy (non-hydrogen) atoms. The first-order valence-electron chi connectivity index (χ1n) is 8.52. The summed E-state index contributed by atoms with van der Waals surface area (Å²) in [4.78, 5) is 20.7. The van der Waals surface area contributed by atoms with E-state index in [0.29, 0.717) is 16.7 Å². The molecular formula is C18H28N4O. The minimum atomic E-state index is 0.0814. The van der Waals surface area contributed by atoms with Gasteiger partial charge >= 0.3 is 6.03 Å². The van der Waals surface area contributed by atoms with Gasteiger partial charge in [0.25, 0.3) is 0 Å². The van der Waals surface area contributed by atoms with Crippen molar-refractivity contribution >= 4 is 11.7 Å². The van der Waals surface area contributed by atoms with Crippen molar-refractivity contribution in [2.24, 2.45) is 16.7 Å². The first kappa shape index (κ1) is 16.1. The van der Waals surface area contributed by atoms with Crippen molar-refractivity contribution in [3.63, 3.8) is 0 Å². The van der Waals surface area contributed by atoms with E-state index in [-0.39, 0.29) is 6.03 Å². The third-order valence-corrected chi connectivity index (χ3v) is 6.37. The lowest BCUT2D eigenvalue weighted by Crippen LogP contribution is -2.52. The number of anilines is 1. The zero-order valence-corrected chi connectivity index (χ0v) is 14.7. The van der Waals surface area contributed by atoms with Crippen LogP contribution < -0.4 is 10.2 Å². The number of nitrogens with one attached hydrogen (secondary N) is 1. The molecule has 2 amide bonds. The number of urea groups is 1. The lowest BCUT2D eigenvalue weighted by atomic mass is 10.0. The summed E-state index contributed by atoms with van der Waals surface area (Å²) in [6.45, 7) is 13.2. The third-order valence-electron chi connectivity index (χ3n) is 6.37. The molecule has 126 valence electrons. The maximum Gasteiger partial charge on any atom is 0.317 e. The van der Waals surface area contributed by atoms with Gasteiger partial charge in [0.1, 0.15) is 0 Å². The number of nitrogens with zero attached hydrogens (tertiary/aromatic N) is 3. The second-order valence-electron chi connectivity index (χ2n) is 7.86. The van der Waals surface area contributed by atoms with E-state index in [9.17, 15) is 4.79 Å². The molecule has 0 bridgehead atoms. The normalized spacial score (nSPS) is 22.8. The zero-order valence-electron chi connectivity index (χ0n) is 14.7. The number of piperazine rings is 1. The van der Waals surface area contributed by atoms with Crippen molar-refractivity contribution in [1.82, 2.24) is 15.2 Å². The topological polar surface area (TPSA) is 48.5 Å². The summed E-state index contributed by atoms with van der Waals surface area (Å²) in [6, 6.07) is 4.12. The molecule has 0 aromatic carbocycles. The molecule has 1 aromatic heterocycles. The summed E-state index contributed by atoms with van der Waals surface area (Å²) < 4.78 is 0. The number of amides is 2. The van der Waals surface area contributed by atoms with E-state index in [1.807, 2.05) is 29.4 Å². The van der Waals surface area contributed by atoms with Crippen molar-refractivity contribution in [3.8, 4) is 0 Å². The number of pyridine rings is 1. The van der Waals surface area contributed by atoms with Crippen LogP contribution in [-0.2, 0) is 0 Å². The van der Waals surface area contributed by atoms with Crippen LogP contribution in [0, 0.1) is 16.7 Å². The Hall–Kier alpha value is -1.78. The van der Waals surface area contributed by atoms with Crippen LogP contribution in [0.3, 0.4) is 0 Å². The highest BCUT2D eigenvalue weighted by atomic mass is 16.2. The third kappa shape index (κ3) is 2.89. The highest BCUT2D eigenvalue weighted by Gasteiger charge is 2.64. The number of carbonyl (C=O) groups is 1. The molecule has 5 nitrogen and oxygen atoms in total. The second kappa shape index (κ2) is 5.69. The van der Waals surface area contributed by atoms with Crippen molar-refractivity contribution in [2.75, 3.05) is 37.6 Å². The van der Waals surface area contributed by atoms with Gasteiger partial charge in [-0.3, -0.25) is 4.98 Å². The molecular weight excluding hydrogens is 288 g/mol. The van der Waals surface area contributed by atoms with Crippen LogP contribution in [0.25, 0.3) is 0 Å². The van der Waals surface area contributed by atoms with Gasteiger partial charge in [0.2, 0.25) is 0 Å². The predicted molar refractivity (Wildman–Crippen MR) is 92.5 cm³/mol. The summed E-state index contributed by atoms with van der Waals surface area (Å²) >= 11 is 0. The molecule has 0 unspecified atom stereocenters. The fourth-order valence-electron chi connectivity index (χ4n) is 3.87. The molecule has 1 saturated heterocycles. The van der Waals surface area contributed by atoms with Crippen LogP contribution in [0.1, 0.15) is 27.7 Å². The summed E-state index contributed by atoms with van der Waals surface area (Å²) in [7, 11) is 0. The second-order valence-corrected chi connectivity index (χ2v) is 7.86. The molecule has 0 radical (unpaired) electrons. The van der Waals surface area contributed by atoms with Crippen molar-refractivity contribution < 1.29 is 4.79 Å². The lowest BCUT2D eigenvalue weighted by Gasteiger charge is -2.36. The molecule has 3 rings (SSSR count). The van der Waals surface area contributed by atoms with Crippen molar-refractivity contribution in [2.45, 2.75) is 27.7 Å². The van der Waals surface area contributed by atoms with Gasteiger partial charge in [-0.25, -0.2) is 4.79 Å². The van der Waals surface area contributed by atoms with E-state index in [1.165, 1.54) is 5.69 Å². The molecule has 1 N–H and O–H groups in total. The Morgan fingerprint density at radius 3 is 2.22 bits per heavy atom. The Balaban J connectivity index is 1.46. The average molecular weight is 316 g/mol. The molecule has 1 aliphatic carbocycles. The van der Waals surface area contributed by atoms with Gasteiger partial charge in [-0.05, 0) is 28.9 Å². The number of aromatic nitrogens is 1. The van der Waals surface area contributed by atoms with Gasteiger partial charge < -0.3 is 15.1 Å².